The Bertz CT molecular complexity index is 896. The van der Waals surface area contributed by atoms with Crippen LogP contribution in [-0.4, -0.2) is 50.6 Å². The zero-order valence-electron chi connectivity index (χ0n) is 18.1. The van der Waals surface area contributed by atoms with Gasteiger partial charge in [-0.2, -0.15) is 0 Å². The average Bonchev–Trinajstić information content (AvgIpc) is 3.22. The van der Waals surface area contributed by atoms with E-state index in [-0.39, 0.29) is 23.7 Å². The number of hydrogen-bond acceptors (Lipinski definition) is 4. The number of para-hydroxylation sites is 1. The van der Waals surface area contributed by atoms with Gasteiger partial charge in [0.05, 0.1) is 20.1 Å². The van der Waals surface area contributed by atoms with Gasteiger partial charge in [-0.25, -0.2) is 0 Å². The summed E-state index contributed by atoms with van der Waals surface area (Å²) in [6.07, 6.45) is 0. The molecular weight excluding hydrogens is 380 g/mol. The fourth-order valence-corrected chi connectivity index (χ4v) is 3.90. The summed E-state index contributed by atoms with van der Waals surface area (Å²) in [5, 5.41) is 3.04. The molecule has 2 amide bonds. The molecule has 1 aliphatic heterocycles. The van der Waals surface area contributed by atoms with Gasteiger partial charge in [-0.05, 0) is 35.7 Å². The van der Waals surface area contributed by atoms with Crippen molar-refractivity contribution >= 4 is 11.8 Å². The van der Waals surface area contributed by atoms with E-state index in [1.54, 1.807) is 43.4 Å². The average molecular weight is 411 g/mol. The minimum atomic E-state index is -0.338. The molecule has 2 aromatic rings. The van der Waals surface area contributed by atoms with Crippen molar-refractivity contribution in [1.29, 1.82) is 0 Å². The molecular formula is C24H30N2O4. The number of methoxy groups -OCH3 is 2. The molecule has 1 heterocycles. The van der Waals surface area contributed by atoms with Crippen molar-refractivity contribution in [3.8, 4) is 11.5 Å². The van der Waals surface area contributed by atoms with E-state index < -0.39 is 0 Å². The predicted molar refractivity (Wildman–Crippen MR) is 116 cm³/mol. The van der Waals surface area contributed by atoms with Gasteiger partial charge < -0.3 is 19.7 Å². The SMILES string of the molecule is COc1cccc(C(=O)N2CC(C(=O)NCC(C)C)C(c3ccccc3OC)C2)c1. The van der Waals surface area contributed by atoms with Crippen LogP contribution in [0.15, 0.2) is 48.5 Å². The second-order valence-electron chi connectivity index (χ2n) is 8.04. The Morgan fingerprint density at radius 1 is 1.07 bits per heavy atom. The highest BCUT2D eigenvalue weighted by molar-refractivity contribution is 5.95. The molecule has 6 nitrogen and oxygen atoms in total. The molecule has 0 aromatic heterocycles. The Labute approximate surface area is 178 Å². The van der Waals surface area contributed by atoms with Gasteiger partial charge in [0, 0.05) is 31.1 Å². The number of carbonyl (C=O) groups is 2. The Kier molecular flexibility index (Phi) is 6.98. The van der Waals surface area contributed by atoms with E-state index in [0.29, 0.717) is 36.9 Å². The minimum absolute atomic E-state index is 0.0273. The van der Waals surface area contributed by atoms with Gasteiger partial charge in [0.1, 0.15) is 11.5 Å². The number of ether oxygens (including phenoxy) is 2. The van der Waals surface area contributed by atoms with Crippen LogP contribution >= 0.6 is 0 Å². The Morgan fingerprint density at radius 2 is 1.83 bits per heavy atom. The lowest BCUT2D eigenvalue weighted by molar-refractivity contribution is -0.125. The number of rotatable bonds is 7. The quantitative estimate of drug-likeness (QED) is 0.760. The van der Waals surface area contributed by atoms with Crippen molar-refractivity contribution in [2.24, 2.45) is 11.8 Å². The van der Waals surface area contributed by atoms with Crippen molar-refractivity contribution in [2.75, 3.05) is 33.9 Å². The maximum atomic E-state index is 13.2. The number of nitrogens with one attached hydrogen (secondary N) is 1. The number of nitrogens with zero attached hydrogens (tertiary/aromatic N) is 1. The molecule has 0 saturated carbocycles. The number of benzene rings is 2. The van der Waals surface area contributed by atoms with Gasteiger partial charge in [0.2, 0.25) is 5.91 Å². The fraction of sp³-hybridized carbons (Fsp3) is 0.417. The third-order valence-corrected chi connectivity index (χ3v) is 5.48. The van der Waals surface area contributed by atoms with Gasteiger partial charge in [-0.3, -0.25) is 9.59 Å². The Hall–Kier alpha value is -3.02. The number of hydrogen-bond donors (Lipinski definition) is 1. The van der Waals surface area contributed by atoms with Crippen LogP contribution in [-0.2, 0) is 4.79 Å². The molecule has 3 rings (SSSR count). The molecule has 1 saturated heterocycles. The normalized spacial score (nSPS) is 18.4. The van der Waals surface area contributed by atoms with E-state index in [1.165, 1.54) is 0 Å². The van der Waals surface area contributed by atoms with Crippen molar-refractivity contribution in [1.82, 2.24) is 10.2 Å². The maximum Gasteiger partial charge on any atom is 0.254 e. The molecule has 0 radical (unpaired) electrons. The third kappa shape index (κ3) is 4.75. The molecule has 30 heavy (non-hydrogen) atoms. The monoisotopic (exact) mass is 410 g/mol. The first-order chi connectivity index (χ1) is 14.4. The molecule has 1 N–H and O–H groups in total. The highest BCUT2D eigenvalue weighted by Gasteiger charge is 2.41. The van der Waals surface area contributed by atoms with Crippen LogP contribution in [0.5, 0.6) is 11.5 Å². The fourth-order valence-electron chi connectivity index (χ4n) is 3.90. The van der Waals surface area contributed by atoms with Crippen LogP contribution in [0.2, 0.25) is 0 Å². The van der Waals surface area contributed by atoms with E-state index in [4.69, 9.17) is 9.47 Å². The van der Waals surface area contributed by atoms with E-state index >= 15 is 0 Å². The summed E-state index contributed by atoms with van der Waals surface area (Å²) >= 11 is 0. The molecule has 2 aromatic carbocycles. The van der Waals surface area contributed by atoms with E-state index in [1.807, 2.05) is 24.3 Å². The zero-order valence-corrected chi connectivity index (χ0v) is 18.1. The van der Waals surface area contributed by atoms with Gasteiger partial charge >= 0.3 is 0 Å². The summed E-state index contributed by atoms with van der Waals surface area (Å²) in [6, 6.07) is 14.8. The summed E-state index contributed by atoms with van der Waals surface area (Å²) in [5.41, 5.74) is 1.50. The summed E-state index contributed by atoms with van der Waals surface area (Å²) in [4.78, 5) is 28.0. The number of carbonyl (C=O) groups excluding carboxylic acids is 2. The lowest BCUT2D eigenvalue weighted by atomic mass is 9.87. The van der Waals surface area contributed by atoms with Gasteiger partial charge in [0.25, 0.3) is 5.91 Å². The summed E-state index contributed by atoms with van der Waals surface area (Å²) < 4.78 is 10.8. The molecule has 0 bridgehead atoms. The Morgan fingerprint density at radius 3 is 2.53 bits per heavy atom. The van der Waals surface area contributed by atoms with Crippen LogP contribution in [0.4, 0.5) is 0 Å². The summed E-state index contributed by atoms with van der Waals surface area (Å²) in [5.74, 6) is 1.12. The van der Waals surface area contributed by atoms with Crippen molar-refractivity contribution < 1.29 is 19.1 Å². The predicted octanol–water partition coefficient (Wildman–Crippen LogP) is 3.33. The topological polar surface area (TPSA) is 67.9 Å². The van der Waals surface area contributed by atoms with Gasteiger partial charge in [-0.15, -0.1) is 0 Å². The molecule has 1 fully saturated rings. The molecule has 160 valence electrons. The first kappa shape index (κ1) is 21.7. The van der Waals surface area contributed by atoms with E-state index in [0.717, 1.165) is 11.3 Å². The van der Waals surface area contributed by atoms with Gasteiger partial charge in [-0.1, -0.05) is 38.1 Å². The summed E-state index contributed by atoms with van der Waals surface area (Å²) in [6.45, 7) is 5.55. The molecule has 2 unspecified atom stereocenters. The molecule has 0 aliphatic carbocycles. The second-order valence-corrected chi connectivity index (χ2v) is 8.04. The van der Waals surface area contributed by atoms with Crippen LogP contribution in [0.1, 0.15) is 35.7 Å². The Balaban J connectivity index is 1.89. The zero-order chi connectivity index (χ0) is 21.7. The minimum Gasteiger partial charge on any atom is -0.497 e. The van der Waals surface area contributed by atoms with Crippen LogP contribution in [0.25, 0.3) is 0 Å². The third-order valence-electron chi connectivity index (χ3n) is 5.48. The number of amides is 2. The smallest absolute Gasteiger partial charge is 0.254 e. The first-order valence-electron chi connectivity index (χ1n) is 10.3. The highest BCUT2D eigenvalue weighted by atomic mass is 16.5. The van der Waals surface area contributed by atoms with Crippen molar-refractivity contribution in [2.45, 2.75) is 19.8 Å². The van der Waals surface area contributed by atoms with Crippen molar-refractivity contribution in [3.05, 3.63) is 59.7 Å². The van der Waals surface area contributed by atoms with Crippen molar-refractivity contribution in [3.63, 3.8) is 0 Å². The lowest BCUT2D eigenvalue weighted by Gasteiger charge is -2.20. The second kappa shape index (κ2) is 9.65. The maximum absolute atomic E-state index is 13.2. The van der Waals surface area contributed by atoms with Crippen LogP contribution in [0, 0.1) is 11.8 Å². The van der Waals surface area contributed by atoms with Crippen LogP contribution < -0.4 is 14.8 Å². The summed E-state index contributed by atoms with van der Waals surface area (Å²) in [7, 11) is 3.20. The number of likely N-dealkylation sites (tertiary alicyclic amines) is 1. The van der Waals surface area contributed by atoms with Gasteiger partial charge in [0.15, 0.2) is 0 Å². The lowest BCUT2D eigenvalue weighted by Crippen LogP contribution is -2.37. The van der Waals surface area contributed by atoms with E-state index in [9.17, 15) is 9.59 Å². The highest BCUT2D eigenvalue weighted by Crippen LogP contribution is 2.38. The molecule has 6 heteroatoms. The van der Waals surface area contributed by atoms with Crippen LogP contribution in [0.3, 0.4) is 0 Å². The molecule has 2 atom stereocenters. The largest absolute Gasteiger partial charge is 0.497 e. The first-order valence-corrected chi connectivity index (χ1v) is 10.3. The van der Waals surface area contributed by atoms with E-state index in [2.05, 4.69) is 19.2 Å². The molecule has 1 aliphatic rings. The molecule has 0 spiro atoms. The standard InChI is InChI=1S/C24H30N2O4/c1-16(2)13-25-23(27)21-15-26(24(28)17-8-7-9-18(12-17)29-3)14-20(21)19-10-5-6-11-22(19)30-4/h5-12,16,20-21H,13-15H2,1-4H3,(H,25,27).